The van der Waals surface area contributed by atoms with Gasteiger partial charge in [-0.05, 0) is 6.42 Å². The second kappa shape index (κ2) is 7.49. The minimum Gasteiger partial charge on any atom is -0.387 e. The normalized spacial score (nSPS) is 13.8. The average Bonchev–Trinajstić information content (AvgIpc) is 2.13. The van der Waals surface area contributed by atoms with Crippen molar-refractivity contribution in [2.75, 3.05) is 13.2 Å². The molecule has 0 bridgehead atoms. The van der Waals surface area contributed by atoms with Gasteiger partial charge in [-0.3, -0.25) is 5.41 Å². The van der Waals surface area contributed by atoms with E-state index in [1.54, 1.807) is 0 Å². The fourth-order valence-corrected chi connectivity index (χ4v) is 1.19. The van der Waals surface area contributed by atoms with Crippen molar-refractivity contribution in [1.82, 2.24) is 0 Å². The number of nitrogens with two attached hydrogens (primary N) is 1. The molecule has 0 aliphatic rings. The first-order valence-corrected chi connectivity index (χ1v) is 5.38. The lowest BCUT2D eigenvalue weighted by atomic mass is 10.1. The van der Waals surface area contributed by atoms with Crippen molar-refractivity contribution in [1.29, 1.82) is 5.41 Å². The monoisotopic (exact) mass is 240 g/mol. The van der Waals surface area contributed by atoms with E-state index >= 15 is 0 Å². The molecule has 0 aromatic heterocycles. The van der Waals surface area contributed by atoms with Crippen molar-refractivity contribution in [3.8, 4) is 0 Å². The predicted octanol–water partition coefficient (Wildman–Crippen LogP) is 2.70. The summed E-state index contributed by atoms with van der Waals surface area (Å²) in [5, 5.41) is 6.83. The molecule has 16 heavy (non-hydrogen) atoms. The van der Waals surface area contributed by atoms with Crippen LogP contribution in [0, 0.1) is 11.3 Å². The third-order valence-corrected chi connectivity index (χ3v) is 2.20. The van der Waals surface area contributed by atoms with Gasteiger partial charge >= 0.3 is 6.18 Å². The van der Waals surface area contributed by atoms with Crippen LogP contribution in [-0.2, 0) is 4.74 Å². The number of ether oxygens (including phenoxy) is 1. The fraction of sp³-hybridized carbons (Fsp3) is 0.900. The molecule has 0 saturated heterocycles. The second-order valence-electron chi connectivity index (χ2n) is 3.69. The highest BCUT2D eigenvalue weighted by Crippen LogP contribution is 2.26. The van der Waals surface area contributed by atoms with Crippen molar-refractivity contribution in [2.24, 2.45) is 11.7 Å². The lowest BCUT2D eigenvalue weighted by molar-refractivity contribution is -0.168. The first-order valence-electron chi connectivity index (χ1n) is 5.38. The molecule has 0 aliphatic carbocycles. The van der Waals surface area contributed by atoms with Gasteiger partial charge in [-0.1, -0.05) is 26.2 Å². The van der Waals surface area contributed by atoms with Crippen LogP contribution in [0.3, 0.4) is 0 Å². The number of nitrogens with one attached hydrogen (secondary N) is 1. The Morgan fingerprint density at radius 1 is 1.31 bits per heavy atom. The van der Waals surface area contributed by atoms with E-state index in [9.17, 15) is 13.2 Å². The largest absolute Gasteiger partial charge is 0.400 e. The highest BCUT2D eigenvalue weighted by molar-refractivity contribution is 5.80. The number of hydrogen-bond donors (Lipinski definition) is 2. The molecule has 0 aromatic rings. The van der Waals surface area contributed by atoms with Crippen LogP contribution in [0.25, 0.3) is 0 Å². The van der Waals surface area contributed by atoms with Gasteiger partial charge in [0.1, 0.15) is 11.8 Å². The Bertz CT molecular complexity index is 207. The highest BCUT2D eigenvalue weighted by Gasteiger charge is 2.41. The summed E-state index contributed by atoms with van der Waals surface area (Å²) in [6.07, 6.45) is -0.670. The van der Waals surface area contributed by atoms with Crippen LogP contribution in [0.5, 0.6) is 0 Å². The van der Waals surface area contributed by atoms with Crippen LogP contribution in [0.2, 0.25) is 0 Å². The first kappa shape index (κ1) is 15.2. The molecule has 3 nitrogen and oxygen atoms in total. The van der Waals surface area contributed by atoms with Gasteiger partial charge in [0.05, 0.1) is 6.61 Å². The molecule has 3 N–H and O–H groups in total. The third kappa shape index (κ3) is 6.66. The molecule has 1 unspecified atom stereocenters. The van der Waals surface area contributed by atoms with Crippen LogP contribution in [0.4, 0.5) is 13.2 Å². The first-order chi connectivity index (χ1) is 7.39. The SMILES string of the molecule is CCCCCCOCC(C(=N)N)C(F)(F)F. The molecule has 0 fully saturated rings. The minimum atomic E-state index is -4.49. The molecule has 0 aromatic carbocycles. The van der Waals surface area contributed by atoms with Crippen LogP contribution in [0.15, 0.2) is 0 Å². The number of alkyl halides is 3. The molecular weight excluding hydrogens is 221 g/mol. The third-order valence-electron chi connectivity index (χ3n) is 2.20. The zero-order chi connectivity index (χ0) is 12.6. The van der Waals surface area contributed by atoms with Gasteiger partial charge in [-0.2, -0.15) is 13.2 Å². The quantitative estimate of drug-likeness (QED) is 0.389. The van der Waals surface area contributed by atoms with Gasteiger partial charge in [0, 0.05) is 6.61 Å². The summed E-state index contributed by atoms with van der Waals surface area (Å²) < 4.78 is 41.8. The Hall–Kier alpha value is -0.780. The van der Waals surface area contributed by atoms with E-state index in [0.29, 0.717) is 6.61 Å². The van der Waals surface area contributed by atoms with E-state index in [0.717, 1.165) is 25.7 Å². The summed E-state index contributed by atoms with van der Waals surface area (Å²) in [5.74, 6) is -2.86. The zero-order valence-corrected chi connectivity index (χ0v) is 9.44. The van der Waals surface area contributed by atoms with E-state index in [2.05, 4.69) is 6.92 Å². The fourth-order valence-electron chi connectivity index (χ4n) is 1.19. The van der Waals surface area contributed by atoms with Crippen LogP contribution in [-0.4, -0.2) is 25.2 Å². The van der Waals surface area contributed by atoms with E-state index in [-0.39, 0.29) is 0 Å². The van der Waals surface area contributed by atoms with Crippen LogP contribution in [0.1, 0.15) is 32.6 Å². The molecule has 6 heteroatoms. The van der Waals surface area contributed by atoms with Crippen LogP contribution < -0.4 is 5.73 Å². The molecule has 0 saturated carbocycles. The zero-order valence-electron chi connectivity index (χ0n) is 9.44. The summed E-state index contributed by atoms with van der Waals surface area (Å²) in [7, 11) is 0. The average molecular weight is 240 g/mol. The van der Waals surface area contributed by atoms with Gasteiger partial charge in [0.25, 0.3) is 0 Å². The molecule has 0 amide bonds. The molecule has 0 spiro atoms. The van der Waals surface area contributed by atoms with Crippen molar-refractivity contribution < 1.29 is 17.9 Å². The predicted molar refractivity (Wildman–Crippen MR) is 56.4 cm³/mol. The highest BCUT2D eigenvalue weighted by atomic mass is 19.4. The van der Waals surface area contributed by atoms with Crippen molar-refractivity contribution >= 4 is 5.84 Å². The van der Waals surface area contributed by atoms with Gasteiger partial charge in [-0.25, -0.2) is 0 Å². The molecule has 0 aliphatic heterocycles. The minimum absolute atomic E-state index is 0.292. The summed E-state index contributed by atoms with van der Waals surface area (Å²) >= 11 is 0. The number of hydrogen-bond acceptors (Lipinski definition) is 2. The molecular formula is C10H19F3N2O. The maximum atomic E-state index is 12.3. The molecule has 0 heterocycles. The maximum Gasteiger partial charge on any atom is 0.400 e. The van der Waals surface area contributed by atoms with Crippen molar-refractivity contribution in [2.45, 2.75) is 38.8 Å². The number of halogens is 3. The topological polar surface area (TPSA) is 59.1 Å². The van der Waals surface area contributed by atoms with E-state index in [1.807, 2.05) is 0 Å². The van der Waals surface area contributed by atoms with E-state index < -0.39 is 24.5 Å². The van der Waals surface area contributed by atoms with E-state index in [4.69, 9.17) is 15.9 Å². The van der Waals surface area contributed by atoms with Gasteiger partial charge in [-0.15, -0.1) is 0 Å². The molecule has 1 atom stereocenters. The lowest BCUT2D eigenvalue weighted by Crippen LogP contribution is -2.38. The maximum absolute atomic E-state index is 12.3. The van der Waals surface area contributed by atoms with Crippen LogP contribution >= 0.6 is 0 Å². The van der Waals surface area contributed by atoms with Crippen molar-refractivity contribution in [3.05, 3.63) is 0 Å². The lowest BCUT2D eigenvalue weighted by Gasteiger charge is -2.18. The summed E-state index contributed by atoms with van der Waals surface area (Å²) in [6.45, 7) is 1.79. The van der Waals surface area contributed by atoms with Gasteiger partial charge in [0.2, 0.25) is 0 Å². The molecule has 96 valence electrons. The molecule has 0 rings (SSSR count). The Kier molecular flexibility index (Phi) is 7.12. The Morgan fingerprint density at radius 3 is 2.38 bits per heavy atom. The van der Waals surface area contributed by atoms with Crippen molar-refractivity contribution in [3.63, 3.8) is 0 Å². The Morgan fingerprint density at radius 2 is 1.94 bits per heavy atom. The standard InChI is InChI=1S/C10H19F3N2O/c1-2-3-4-5-6-16-7-8(9(14)15)10(11,12)13/h8H,2-7H2,1H3,(H3,14,15). The second-order valence-corrected chi connectivity index (χ2v) is 3.69. The van der Waals surface area contributed by atoms with Gasteiger partial charge in [0.15, 0.2) is 0 Å². The van der Waals surface area contributed by atoms with E-state index in [1.165, 1.54) is 0 Å². The smallest absolute Gasteiger partial charge is 0.387 e. The Labute approximate surface area is 93.7 Å². The number of rotatable bonds is 8. The summed E-state index contributed by atoms with van der Waals surface area (Å²) in [6, 6.07) is 0. The number of unbranched alkanes of at least 4 members (excludes halogenated alkanes) is 3. The molecule has 0 radical (unpaired) electrons. The van der Waals surface area contributed by atoms with Gasteiger partial charge < -0.3 is 10.5 Å². The summed E-state index contributed by atoms with van der Waals surface area (Å²) in [5.41, 5.74) is 4.87. The summed E-state index contributed by atoms with van der Waals surface area (Å²) in [4.78, 5) is 0. The Balaban J connectivity index is 3.75. The number of amidine groups is 1.